The van der Waals surface area contributed by atoms with Crippen LogP contribution >= 0.6 is 0 Å². The number of amides is 1. The van der Waals surface area contributed by atoms with Crippen molar-refractivity contribution < 1.29 is 14.3 Å². The Morgan fingerprint density at radius 2 is 1.97 bits per heavy atom. The van der Waals surface area contributed by atoms with Crippen molar-refractivity contribution in [3.05, 3.63) is 60.2 Å². The average molecular weight is 448 g/mol. The van der Waals surface area contributed by atoms with E-state index in [-0.39, 0.29) is 18.6 Å². The molecule has 0 aliphatic carbocycles. The van der Waals surface area contributed by atoms with E-state index < -0.39 is 0 Å². The molecule has 3 aromatic rings. The average Bonchev–Trinajstić information content (AvgIpc) is 3.33. The summed E-state index contributed by atoms with van der Waals surface area (Å²) >= 11 is 0. The van der Waals surface area contributed by atoms with Gasteiger partial charge in [0.2, 0.25) is 5.95 Å². The van der Waals surface area contributed by atoms with Gasteiger partial charge in [0.25, 0.3) is 5.91 Å². The van der Waals surface area contributed by atoms with Crippen LogP contribution in [0.1, 0.15) is 30.1 Å². The van der Waals surface area contributed by atoms with Gasteiger partial charge in [0, 0.05) is 44.8 Å². The summed E-state index contributed by atoms with van der Waals surface area (Å²) in [5, 5.41) is 0. The van der Waals surface area contributed by atoms with Crippen molar-refractivity contribution in [2.45, 2.75) is 25.8 Å². The predicted molar refractivity (Wildman–Crippen MR) is 127 cm³/mol. The molecule has 1 atom stereocenters. The van der Waals surface area contributed by atoms with Gasteiger partial charge in [0.05, 0.1) is 18.8 Å². The normalized spacial score (nSPS) is 15.4. The van der Waals surface area contributed by atoms with Gasteiger partial charge in [0.1, 0.15) is 0 Å². The van der Waals surface area contributed by atoms with Crippen molar-refractivity contribution in [1.82, 2.24) is 19.9 Å². The number of ether oxygens (including phenoxy) is 2. The number of rotatable bonds is 7. The fraction of sp³-hybridized carbons (Fsp3) is 0.360. The molecule has 0 radical (unpaired) electrons. The number of hydrogen-bond acceptors (Lipinski definition) is 7. The van der Waals surface area contributed by atoms with Crippen molar-refractivity contribution in [3.8, 4) is 22.6 Å². The Bertz CT molecular complexity index is 1120. The lowest BCUT2D eigenvalue weighted by Crippen LogP contribution is -2.35. The number of nitrogens with zero attached hydrogens (tertiary/aromatic N) is 5. The maximum absolute atomic E-state index is 13.2. The molecule has 2 aromatic heterocycles. The molecule has 1 fully saturated rings. The predicted octanol–water partition coefficient (Wildman–Crippen LogP) is 3.66. The zero-order chi connectivity index (χ0) is 23.4. The fourth-order valence-corrected chi connectivity index (χ4v) is 4.07. The molecule has 172 valence electrons. The first-order valence-corrected chi connectivity index (χ1v) is 11.0. The number of aromatic nitrogens is 3. The molecule has 8 heteroatoms. The standard InChI is InChI=1S/C25H29N5O3/c1-17-7-8-21(22(14-17)32-4)33-16-23(31)30-13-5-6-20(30)24-19(18-9-11-26-12-10-18)15-27-25(28-24)29(2)3/h7-12,14-15,20H,5-6,13,16H2,1-4H3. The minimum absolute atomic E-state index is 0.0634. The Hall–Kier alpha value is -3.68. The summed E-state index contributed by atoms with van der Waals surface area (Å²) in [4.78, 5) is 30.5. The summed E-state index contributed by atoms with van der Waals surface area (Å²) in [5.74, 6) is 1.71. The molecule has 0 saturated carbocycles. The van der Waals surface area contributed by atoms with Gasteiger partial charge in [-0.1, -0.05) is 6.07 Å². The van der Waals surface area contributed by atoms with E-state index >= 15 is 0 Å². The molecule has 8 nitrogen and oxygen atoms in total. The molecule has 4 rings (SSSR count). The second-order valence-electron chi connectivity index (χ2n) is 8.29. The van der Waals surface area contributed by atoms with Crippen LogP contribution in [-0.2, 0) is 4.79 Å². The first-order chi connectivity index (χ1) is 16.0. The van der Waals surface area contributed by atoms with Crippen LogP contribution in [0, 0.1) is 6.92 Å². The molecule has 1 aliphatic rings. The van der Waals surface area contributed by atoms with E-state index in [1.54, 1.807) is 19.5 Å². The smallest absolute Gasteiger partial charge is 0.261 e. The van der Waals surface area contributed by atoms with Gasteiger partial charge in [-0.2, -0.15) is 0 Å². The highest BCUT2D eigenvalue weighted by Crippen LogP contribution is 2.37. The zero-order valence-corrected chi connectivity index (χ0v) is 19.5. The van der Waals surface area contributed by atoms with Gasteiger partial charge in [-0.15, -0.1) is 0 Å². The van der Waals surface area contributed by atoms with Crippen LogP contribution < -0.4 is 14.4 Å². The third-order valence-corrected chi connectivity index (χ3v) is 5.76. The number of benzene rings is 1. The molecule has 1 unspecified atom stereocenters. The highest BCUT2D eigenvalue weighted by atomic mass is 16.5. The minimum Gasteiger partial charge on any atom is -0.493 e. The molecule has 0 bridgehead atoms. The zero-order valence-electron chi connectivity index (χ0n) is 19.5. The number of methoxy groups -OCH3 is 1. The van der Waals surface area contributed by atoms with Crippen LogP contribution in [0.15, 0.2) is 48.9 Å². The number of carbonyl (C=O) groups is 1. The Labute approximate surface area is 194 Å². The summed E-state index contributed by atoms with van der Waals surface area (Å²) in [5.41, 5.74) is 3.80. The van der Waals surface area contributed by atoms with Crippen LogP contribution in [-0.4, -0.2) is 60.1 Å². The monoisotopic (exact) mass is 447 g/mol. The number of pyridine rings is 1. The highest BCUT2D eigenvalue weighted by Gasteiger charge is 2.33. The van der Waals surface area contributed by atoms with Crippen LogP contribution in [0.25, 0.3) is 11.1 Å². The molecule has 3 heterocycles. The Balaban J connectivity index is 1.60. The van der Waals surface area contributed by atoms with Crippen molar-refractivity contribution in [3.63, 3.8) is 0 Å². The van der Waals surface area contributed by atoms with Gasteiger partial charge in [-0.25, -0.2) is 9.97 Å². The van der Waals surface area contributed by atoms with E-state index in [0.29, 0.717) is 24.0 Å². The lowest BCUT2D eigenvalue weighted by Gasteiger charge is -2.27. The van der Waals surface area contributed by atoms with Crippen LogP contribution in [0.4, 0.5) is 5.95 Å². The molecule has 33 heavy (non-hydrogen) atoms. The minimum atomic E-state index is -0.147. The van der Waals surface area contributed by atoms with Gasteiger partial charge in [0.15, 0.2) is 18.1 Å². The second-order valence-corrected chi connectivity index (χ2v) is 8.29. The number of anilines is 1. The summed E-state index contributed by atoms with van der Waals surface area (Å²) in [6, 6.07) is 9.38. The number of aryl methyl sites for hydroxylation is 1. The van der Waals surface area contributed by atoms with E-state index in [9.17, 15) is 4.79 Å². The molecular formula is C25H29N5O3. The van der Waals surface area contributed by atoms with E-state index in [0.717, 1.165) is 35.2 Å². The number of carbonyl (C=O) groups excluding carboxylic acids is 1. The van der Waals surface area contributed by atoms with Crippen LogP contribution in [0.3, 0.4) is 0 Å². The Morgan fingerprint density at radius 1 is 1.18 bits per heavy atom. The molecule has 1 saturated heterocycles. The lowest BCUT2D eigenvalue weighted by molar-refractivity contribution is -0.134. The summed E-state index contributed by atoms with van der Waals surface area (Å²) in [6.07, 6.45) is 7.07. The van der Waals surface area contributed by atoms with Gasteiger partial charge >= 0.3 is 0 Å². The summed E-state index contributed by atoms with van der Waals surface area (Å²) in [7, 11) is 5.41. The van der Waals surface area contributed by atoms with Crippen molar-refractivity contribution in [2.75, 3.05) is 39.3 Å². The molecule has 1 amide bonds. The molecule has 0 spiro atoms. The fourth-order valence-electron chi connectivity index (χ4n) is 4.07. The third kappa shape index (κ3) is 4.89. The largest absolute Gasteiger partial charge is 0.493 e. The van der Waals surface area contributed by atoms with Crippen molar-refractivity contribution in [2.24, 2.45) is 0 Å². The van der Waals surface area contributed by atoms with E-state index in [1.807, 2.05) is 67.3 Å². The number of likely N-dealkylation sites (tertiary alicyclic amines) is 1. The van der Waals surface area contributed by atoms with Crippen molar-refractivity contribution in [1.29, 1.82) is 0 Å². The quantitative estimate of drug-likeness (QED) is 0.547. The highest BCUT2D eigenvalue weighted by molar-refractivity contribution is 5.79. The van der Waals surface area contributed by atoms with E-state index in [2.05, 4.69) is 9.97 Å². The SMILES string of the molecule is COc1cc(C)ccc1OCC(=O)N1CCCC1c1nc(N(C)C)ncc1-c1ccncc1. The third-order valence-electron chi connectivity index (χ3n) is 5.76. The Morgan fingerprint density at radius 3 is 2.70 bits per heavy atom. The maximum atomic E-state index is 13.2. The topological polar surface area (TPSA) is 80.7 Å². The lowest BCUT2D eigenvalue weighted by atomic mass is 10.0. The van der Waals surface area contributed by atoms with Gasteiger partial charge in [-0.05, 0) is 55.2 Å². The Kier molecular flexibility index (Phi) is 6.72. The molecular weight excluding hydrogens is 418 g/mol. The number of hydrogen-bond donors (Lipinski definition) is 0. The molecule has 0 N–H and O–H groups in total. The van der Waals surface area contributed by atoms with Crippen LogP contribution in [0.5, 0.6) is 11.5 Å². The second kappa shape index (κ2) is 9.85. The van der Waals surface area contributed by atoms with Crippen LogP contribution in [0.2, 0.25) is 0 Å². The van der Waals surface area contributed by atoms with E-state index in [1.165, 1.54) is 0 Å². The summed E-state index contributed by atoms with van der Waals surface area (Å²) in [6.45, 7) is 2.58. The summed E-state index contributed by atoms with van der Waals surface area (Å²) < 4.78 is 11.3. The van der Waals surface area contributed by atoms with Crippen molar-refractivity contribution >= 4 is 11.9 Å². The molecule has 1 aliphatic heterocycles. The first-order valence-electron chi connectivity index (χ1n) is 11.0. The van der Waals surface area contributed by atoms with Gasteiger partial charge in [-0.3, -0.25) is 9.78 Å². The van der Waals surface area contributed by atoms with E-state index in [4.69, 9.17) is 14.5 Å². The molecule has 1 aromatic carbocycles. The first kappa shape index (κ1) is 22.5. The maximum Gasteiger partial charge on any atom is 0.261 e. The van der Waals surface area contributed by atoms with Gasteiger partial charge < -0.3 is 19.3 Å².